The van der Waals surface area contributed by atoms with Gasteiger partial charge in [-0.2, -0.15) is 5.26 Å². The second-order valence-electron chi connectivity index (χ2n) is 3.29. The van der Waals surface area contributed by atoms with Crippen molar-refractivity contribution in [1.29, 1.82) is 5.26 Å². The van der Waals surface area contributed by atoms with Crippen molar-refractivity contribution < 1.29 is 4.74 Å². The van der Waals surface area contributed by atoms with Crippen LogP contribution in [0.1, 0.15) is 5.56 Å². The summed E-state index contributed by atoms with van der Waals surface area (Å²) in [7, 11) is 0. The molecule has 0 amide bonds. The molecular formula is C13H7Cl2NO. The third-order valence-corrected chi connectivity index (χ3v) is 2.93. The van der Waals surface area contributed by atoms with E-state index in [0.717, 1.165) is 0 Å². The Bertz CT molecular complexity index is 573. The first-order valence-electron chi connectivity index (χ1n) is 4.83. The van der Waals surface area contributed by atoms with Gasteiger partial charge in [-0.05, 0) is 36.4 Å². The zero-order chi connectivity index (χ0) is 12.3. The molecule has 0 aliphatic carbocycles. The Labute approximate surface area is 109 Å². The normalized spacial score (nSPS) is 9.71. The van der Waals surface area contributed by atoms with Crippen LogP contribution in [0.25, 0.3) is 0 Å². The topological polar surface area (TPSA) is 33.0 Å². The highest BCUT2D eigenvalue weighted by molar-refractivity contribution is 6.42. The number of rotatable bonds is 2. The van der Waals surface area contributed by atoms with Crippen molar-refractivity contribution in [1.82, 2.24) is 0 Å². The number of halogens is 2. The van der Waals surface area contributed by atoms with Gasteiger partial charge >= 0.3 is 0 Å². The number of hydrogen-bond donors (Lipinski definition) is 0. The van der Waals surface area contributed by atoms with Crippen LogP contribution >= 0.6 is 23.2 Å². The molecule has 2 rings (SSSR count). The molecular weight excluding hydrogens is 257 g/mol. The summed E-state index contributed by atoms with van der Waals surface area (Å²) in [4.78, 5) is 0. The van der Waals surface area contributed by atoms with E-state index >= 15 is 0 Å². The quantitative estimate of drug-likeness (QED) is 0.790. The number of hydrogen-bond acceptors (Lipinski definition) is 2. The Morgan fingerprint density at radius 3 is 2.35 bits per heavy atom. The van der Waals surface area contributed by atoms with Crippen LogP contribution in [0.2, 0.25) is 10.0 Å². The van der Waals surface area contributed by atoms with Crippen molar-refractivity contribution in [2.75, 3.05) is 0 Å². The van der Waals surface area contributed by atoms with Gasteiger partial charge in [0.2, 0.25) is 0 Å². The molecule has 0 heterocycles. The first-order valence-corrected chi connectivity index (χ1v) is 5.58. The van der Waals surface area contributed by atoms with Crippen LogP contribution in [-0.2, 0) is 0 Å². The first-order chi connectivity index (χ1) is 8.20. The lowest BCUT2D eigenvalue weighted by Crippen LogP contribution is -1.85. The summed E-state index contributed by atoms with van der Waals surface area (Å²) in [6, 6.07) is 14.0. The fraction of sp³-hybridized carbons (Fsp3) is 0. The standard InChI is InChI=1S/C13H7Cl2NO/c14-11-2-1-3-12(13(11)15)17-10-6-4-9(8-16)5-7-10/h1-7H. The minimum Gasteiger partial charge on any atom is -0.456 e. The van der Waals surface area contributed by atoms with E-state index < -0.39 is 0 Å². The number of benzene rings is 2. The molecule has 0 radical (unpaired) electrons. The lowest BCUT2D eigenvalue weighted by Gasteiger charge is -2.08. The first kappa shape index (κ1) is 11.8. The minimum atomic E-state index is 0.374. The molecule has 0 saturated heterocycles. The maximum absolute atomic E-state index is 8.67. The third-order valence-electron chi connectivity index (χ3n) is 2.13. The summed E-state index contributed by atoms with van der Waals surface area (Å²) in [5.74, 6) is 1.09. The van der Waals surface area contributed by atoms with Crippen molar-refractivity contribution in [3.63, 3.8) is 0 Å². The molecule has 0 fully saturated rings. The molecule has 0 aliphatic rings. The maximum atomic E-state index is 8.67. The van der Waals surface area contributed by atoms with E-state index in [2.05, 4.69) is 0 Å². The fourth-order valence-electron chi connectivity index (χ4n) is 1.29. The lowest BCUT2D eigenvalue weighted by molar-refractivity contribution is 0.483. The average Bonchev–Trinajstić information content (AvgIpc) is 2.36. The molecule has 0 atom stereocenters. The summed E-state index contributed by atoms with van der Waals surface area (Å²) in [6.45, 7) is 0. The monoisotopic (exact) mass is 263 g/mol. The highest BCUT2D eigenvalue weighted by Crippen LogP contribution is 2.34. The van der Waals surface area contributed by atoms with Crippen molar-refractivity contribution in [2.45, 2.75) is 0 Å². The van der Waals surface area contributed by atoms with Crippen LogP contribution in [0.4, 0.5) is 0 Å². The molecule has 0 aromatic heterocycles. The van der Waals surface area contributed by atoms with E-state index in [1.54, 1.807) is 42.5 Å². The van der Waals surface area contributed by atoms with Gasteiger partial charge < -0.3 is 4.74 Å². The molecule has 0 spiro atoms. The molecule has 2 aromatic carbocycles. The van der Waals surface area contributed by atoms with Gasteiger partial charge in [-0.3, -0.25) is 0 Å². The highest BCUT2D eigenvalue weighted by atomic mass is 35.5. The lowest BCUT2D eigenvalue weighted by atomic mass is 10.2. The Hall–Kier alpha value is -1.69. The summed E-state index contributed by atoms with van der Waals surface area (Å²) in [5.41, 5.74) is 0.578. The van der Waals surface area contributed by atoms with Crippen LogP contribution in [0.3, 0.4) is 0 Å². The summed E-state index contributed by atoms with van der Waals surface area (Å²) in [5, 5.41) is 9.49. The van der Waals surface area contributed by atoms with E-state index in [-0.39, 0.29) is 0 Å². The van der Waals surface area contributed by atoms with Gasteiger partial charge in [0.15, 0.2) is 0 Å². The predicted octanol–water partition coefficient (Wildman–Crippen LogP) is 4.66. The van der Waals surface area contributed by atoms with Gasteiger partial charge in [-0.1, -0.05) is 29.3 Å². The van der Waals surface area contributed by atoms with E-state index in [1.165, 1.54) is 0 Å². The van der Waals surface area contributed by atoms with Gasteiger partial charge in [0, 0.05) is 0 Å². The summed E-state index contributed by atoms with van der Waals surface area (Å²) < 4.78 is 5.56. The average molecular weight is 264 g/mol. The maximum Gasteiger partial charge on any atom is 0.147 e. The molecule has 17 heavy (non-hydrogen) atoms. The molecule has 4 heteroatoms. The number of nitrogens with zero attached hydrogens (tertiary/aromatic N) is 1. The second-order valence-corrected chi connectivity index (χ2v) is 4.08. The van der Waals surface area contributed by atoms with Crippen LogP contribution in [0.15, 0.2) is 42.5 Å². The molecule has 84 valence electrons. The van der Waals surface area contributed by atoms with E-state index in [9.17, 15) is 0 Å². The molecule has 0 N–H and O–H groups in total. The Morgan fingerprint density at radius 2 is 1.71 bits per heavy atom. The zero-order valence-electron chi connectivity index (χ0n) is 8.65. The highest BCUT2D eigenvalue weighted by Gasteiger charge is 2.06. The second kappa shape index (κ2) is 5.09. The van der Waals surface area contributed by atoms with Crippen LogP contribution in [0, 0.1) is 11.3 Å². The van der Waals surface area contributed by atoms with Crippen molar-refractivity contribution in [3.05, 3.63) is 58.1 Å². The summed E-state index contributed by atoms with van der Waals surface area (Å²) >= 11 is 11.9. The van der Waals surface area contributed by atoms with Crippen LogP contribution < -0.4 is 4.74 Å². The van der Waals surface area contributed by atoms with Gasteiger partial charge in [0.1, 0.15) is 16.5 Å². The number of nitriles is 1. The van der Waals surface area contributed by atoms with Crippen LogP contribution in [0.5, 0.6) is 11.5 Å². The Morgan fingerprint density at radius 1 is 1.00 bits per heavy atom. The van der Waals surface area contributed by atoms with E-state index in [1.807, 2.05) is 6.07 Å². The van der Waals surface area contributed by atoms with Crippen molar-refractivity contribution >= 4 is 23.2 Å². The molecule has 0 aliphatic heterocycles. The molecule has 2 aromatic rings. The zero-order valence-corrected chi connectivity index (χ0v) is 10.2. The third kappa shape index (κ3) is 2.71. The van der Waals surface area contributed by atoms with Crippen molar-refractivity contribution in [3.8, 4) is 17.6 Å². The van der Waals surface area contributed by atoms with E-state index in [0.29, 0.717) is 27.1 Å². The minimum absolute atomic E-state index is 0.374. The van der Waals surface area contributed by atoms with Gasteiger partial charge in [-0.15, -0.1) is 0 Å². The number of ether oxygens (including phenoxy) is 1. The van der Waals surface area contributed by atoms with Gasteiger partial charge in [-0.25, -0.2) is 0 Å². The van der Waals surface area contributed by atoms with Crippen molar-refractivity contribution in [2.24, 2.45) is 0 Å². The molecule has 0 bridgehead atoms. The van der Waals surface area contributed by atoms with Gasteiger partial charge in [0.25, 0.3) is 0 Å². The fourth-order valence-corrected chi connectivity index (χ4v) is 1.62. The van der Waals surface area contributed by atoms with Gasteiger partial charge in [0.05, 0.1) is 16.7 Å². The smallest absolute Gasteiger partial charge is 0.147 e. The molecule has 2 nitrogen and oxygen atoms in total. The Balaban J connectivity index is 2.26. The SMILES string of the molecule is N#Cc1ccc(Oc2cccc(Cl)c2Cl)cc1. The van der Waals surface area contributed by atoms with E-state index in [4.69, 9.17) is 33.2 Å². The summed E-state index contributed by atoms with van der Waals surface area (Å²) in [6.07, 6.45) is 0. The largest absolute Gasteiger partial charge is 0.456 e. The molecule has 0 saturated carbocycles. The molecule has 0 unspecified atom stereocenters. The Kier molecular flexibility index (Phi) is 3.53. The predicted molar refractivity (Wildman–Crippen MR) is 67.7 cm³/mol. The van der Waals surface area contributed by atoms with Crippen LogP contribution in [-0.4, -0.2) is 0 Å².